The molecule has 0 aliphatic rings. The van der Waals surface area contributed by atoms with E-state index < -0.39 is 12.0 Å². The first-order valence-electron chi connectivity index (χ1n) is 7.14. The van der Waals surface area contributed by atoms with Crippen LogP contribution in [0.25, 0.3) is 10.8 Å². The van der Waals surface area contributed by atoms with Gasteiger partial charge in [0.1, 0.15) is 6.04 Å². The highest BCUT2D eigenvalue weighted by molar-refractivity contribution is 6.07. The first kappa shape index (κ1) is 15.8. The summed E-state index contributed by atoms with van der Waals surface area (Å²) in [5.74, 6) is -1.41. The van der Waals surface area contributed by atoms with Crippen molar-refractivity contribution < 1.29 is 14.7 Å². The molecule has 0 bridgehead atoms. The van der Waals surface area contributed by atoms with Crippen LogP contribution in [-0.4, -0.2) is 23.0 Å². The SMILES string of the molecule is CC(C)=CC[C@@H](NC(=O)c1cccc2ccccc12)C(=O)O. The van der Waals surface area contributed by atoms with Crippen molar-refractivity contribution in [3.8, 4) is 0 Å². The van der Waals surface area contributed by atoms with Crippen LogP contribution >= 0.6 is 0 Å². The lowest BCUT2D eigenvalue weighted by molar-refractivity contribution is -0.139. The largest absolute Gasteiger partial charge is 0.480 e. The number of carboxylic acid groups (broad SMARTS) is 1. The van der Waals surface area contributed by atoms with Gasteiger partial charge in [-0.25, -0.2) is 4.79 Å². The number of aliphatic carboxylic acids is 1. The highest BCUT2D eigenvalue weighted by Gasteiger charge is 2.20. The summed E-state index contributed by atoms with van der Waals surface area (Å²) in [5, 5.41) is 13.6. The fourth-order valence-corrected chi connectivity index (χ4v) is 2.23. The van der Waals surface area contributed by atoms with Gasteiger partial charge in [0, 0.05) is 5.56 Å². The van der Waals surface area contributed by atoms with Gasteiger partial charge in [0.15, 0.2) is 0 Å². The van der Waals surface area contributed by atoms with Crippen molar-refractivity contribution >= 4 is 22.6 Å². The number of amides is 1. The molecule has 0 aromatic heterocycles. The lowest BCUT2D eigenvalue weighted by Gasteiger charge is -2.14. The molecule has 2 N–H and O–H groups in total. The van der Waals surface area contributed by atoms with Gasteiger partial charge in [-0.15, -0.1) is 0 Å². The van der Waals surface area contributed by atoms with Gasteiger partial charge in [-0.3, -0.25) is 4.79 Å². The van der Waals surface area contributed by atoms with E-state index in [1.165, 1.54) is 0 Å². The molecular formula is C18H19NO3. The van der Waals surface area contributed by atoms with Crippen LogP contribution in [0.2, 0.25) is 0 Å². The summed E-state index contributed by atoms with van der Waals surface area (Å²) in [4.78, 5) is 23.7. The number of carbonyl (C=O) groups excluding carboxylic acids is 1. The van der Waals surface area contributed by atoms with E-state index in [0.29, 0.717) is 5.56 Å². The molecule has 0 unspecified atom stereocenters. The normalized spacial score (nSPS) is 11.7. The van der Waals surface area contributed by atoms with Gasteiger partial charge in [0.25, 0.3) is 5.91 Å². The smallest absolute Gasteiger partial charge is 0.326 e. The standard InChI is InChI=1S/C18H19NO3/c1-12(2)10-11-16(18(21)22)19-17(20)15-9-5-7-13-6-3-4-8-14(13)15/h3-10,16H,11H2,1-2H3,(H,19,20)(H,21,22)/t16-/m1/s1. The van der Waals surface area contributed by atoms with E-state index in [0.717, 1.165) is 16.3 Å². The molecule has 2 aromatic carbocycles. The van der Waals surface area contributed by atoms with Crippen molar-refractivity contribution in [1.29, 1.82) is 0 Å². The van der Waals surface area contributed by atoms with E-state index >= 15 is 0 Å². The van der Waals surface area contributed by atoms with E-state index in [1.807, 2.05) is 50.3 Å². The lowest BCUT2D eigenvalue weighted by Crippen LogP contribution is -2.40. The van der Waals surface area contributed by atoms with Crippen molar-refractivity contribution in [3.05, 3.63) is 59.7 Å². The van der Waals surface area contributed by atoms with Gasteiger partial charge in [0.05, 0.1) is 0 Å². The number of nitrogens with one attached hydrogen (secondary N) is 1. The third-order valence-electron chi connectivity index (χ3n) is 3.40. The molecule has 2 aromatic rings. The summed E-state index contributed by atoms with van der Waals surface area (Å²) < 4.78 is 0. The number of rotatable bonds is 5. The Kier molecular flexibility index (Phi) is 4.94. The summed E-state index contributed by atoms with van der Waals surface area (Å²) in [6, 6.07) is 12.0. The van der Waals surface area contributed by atoms with Gasteiger partial charge >= 0.3 is 5.97 Å². The zero-order valence-electron chi connectivity index (χ0n) is 12.7. The van der Waals surface area contributed by atoms with Crippen molar-refractivity contribution in [1.82, 2.24) is 5.32 Å². The Morgan fingerprint density at radius 1 is 1.14 bits per heavy atom. The second-order valence-corrected chi connectivity index (χ2v) is 5.41. The van der Waals surface area contributed by atoms with Crippen molar-refractivity contribution in [2.75, 3.05) is 0 Å². The van der Waals surface area contributed by atoms with Crippen LogP contribution in [0.15, 0.2) is 54.1 Å². The first-order chi connectivity index (χ1) is 10.5. The maximum atomic E-state index is 12.4. The molecule has 0 spiro atoms. The van der Waals surface area contributed by atoms with E-state index in [-0.39, 0.29) is 12.3 Å². The molecule has 0 aliphatic carbocycles. The van der Waals surface area contributed by atoms with Gasteiger partial charge in [-0.2, -0.15) is 0 Å². The number of hydrogen-bond donors (Lipinski definition) is 2. The zero-order valence-corrected chi connectivity index (χ0v) is 12.7. The summed E-state index contributed by atoms with van der Waals surface area (Å²) in [7, 11) is 0. The molecule has 0 fully saturated rings. The second-order valence-electron chi connectivity index (χ2n) is 5.41. The Bertz CT molecular complexity index is 725. The Balaban J connectivity index is 2.26. The highest BCUT2D eigenvalue weighted by atomic mass is 16.4. The van der Waals surface area contributed by atoms with Crippen LogP contribution in [0.1, 0.15) is 30.6 Å². The van der Waals surface area contributed by atoms with E-state index in [9.17, 15) is 14.7 Å². The van der Waals surface area contributed by atoms with Crippen LogP contribution in [0.5, 0.6) is 0 Å². The van der Waals surface area contributed by atoms with Gasteiger partial charge in [-0.05, 0) is 37.1 Å². The third kappa shape index (κ3) is 3.73. The monoisotopic (exact) mass is 297 g/mol. The summed E-state index contributed by atoms with van der Waals surface area (Å²) >= 11 is 0. The number of carboxylic acids is 1. The number of benzene rings is 2. The van der Waals surface area contributed by atoms with E-state index in [1.54, 1.807) is 12.1 Å². The molecule has 1 atom stereocenters. The predicted octanol–water partition coefficient (Wildman–Crippen LogP) is 3.38. The quantitative estimate of drug-likeness (QED) is 0.831. The van der Waals surface area contributed by atoms with Crippen LogP contribution in [-0.2, 0) is 4.79 Å². The van der Waals surface area contributed by atoms with Crippen LogP contribution in [0.4, 0.5) is 0 Å². The average molecular weight is 297 g/mol. The molecule has 0 saturated heterocycles. The van der Waals surface area contributed by atoms with Crippen molar-refractivity contribution in [2.24, 2.45) is 0 Å². The minimum atomic E-state index is -1.04. The van der Waals surface area contributed by atoms with E-state index in [4.69, 9.17) is 0 Å². The van der Waals surface area contributed by atoms with Gasteiger partial charge < -0.3 is 10.4 Å². The minimum Gasteiger partial charge on any atom is -0.480 e. The predicted molar refractivity (Wildman–Crippen MR) is 86.9 cm³/mol. The molecule has 1 amide bonds. The Morgan fingerprint density at radius 2 is 1.82 bits per heavy atom. The zero-order chi connectivity index (χ0) is 16.1. The Hall–Kier alpha value is -2.62. The summed E-state index contributed by atoms with van der Waals surface area (Å²) in [6.07, 6.45) is 2.08. The topological polar surface area (TPSA) is 66.4 Å². The molecule has 22 heavy (non-hydrogen) atoms. The summed E-state index contributed by atoms with van der Waals surface area (Å²) in [5.41, 5.74) is 1.51. The highest BCUT2D eigenvalue weighted by Crippen LogP contribution is 2.18. The summed E-state index contributed by atoms with van der Waals surface area (Å²) in [6.45, 7) is 3.79. The van der Waals surface area contributed by atoms with Crippen LogP contribution < -0.4 is 5.32 Å². The molecule has 0 saturated carbocycles. The number of fused-ring (bicyclic) bond motifs is 1. The molecule has 2 rings (SSSR count). The average Bonchev–Trinajstić information content (AvgIpc) is 2.50. The lowest BCUT2D eigenvalue weighted by atomic mass is 10.0. The Morgan fingerprint density at radius 3 is 2.50 bits per heavy atom. The molecule has 0 radical (unpaired) electrons. The van der Waals surface area contributed by atoms with Crippen LogP contribution in [0.3, 0.4) is 0 Å². The maximum absolute atomic E-state index is 12.4. The first-order valence-corrected chi connectivity index (χ1v) is 7.14. The molecule has 4 nitrogen and oxygen atoms in total. The molecule has 0 heterocycles. The van der Waals surface area contributed by atoms with E-state index in [2.05, 4.69) is 5.32 Å². The second kappa shape index (κ2) is 6.89. The molecule has 0 aliphatic heterocycles. The number of allylic oxidation sites excluding steroid dienone is 1. The Labute approximate surface area is 129 Å². The maximum Gasteiger partial charge on any atom is 0.326 e. The van der Waals surface area contributed by atoms with Crippen LogP contribution in [0, 0.1) is 0 Å². The number of carbonyl (C=O) groups is 2. The third-order valence-corrected chi connectivity index (χ3v) is 3.40. The fraction of sp³-hybridized carbons (Fsp3) is 0.222. The van der Waals surface area contributed by atoms with Gasteiger partial charge in [-0.1, -0.05) is 48.0 Å². The molecule has 4 heteroatoms. The van der Waals surface area contributed by atoms with Gasteiger partial charge in [0.2, 0.25) is 0 Å². The minimum absolute atomic E-state index is 0.272. The van der Waals surface area contributed by atoms with Crippen molar-refractivity contribution in [3.63, 3.8) is 0 Å². The number of hydrogen-bond acceptors (Lipinski definition) is 2. The fourth-order valence-electron chi connectivity index (χ4n) is 2.23. The molecular weight excluding hydrogens is 278 g/mol. The van der Waals surface area contributed by atoms with Crippen molar-refractivity contribution in [2.45, 2.75) is 26.3 Å². The molecule has 114 valence electrons.